The van der Waals surface area contributed by atoms with Gasteiger partial charge in [0.1, 0.15) is 10.7 Å². The number of benzene rings is 1. The summed E-state index contributed by atoms with van der Waals surface area (Å²) >= 11 is 0. The number of anilines is 1. The van der Waals surface area contributed by atoms with E-state index >= 15 is 0 Å². The Hall–Kier alpha value is -1.18. The minimum atomic E-state index is -3.90. The molecule has 108 valence electrons. The fourth-order valence-corrected chi connectivity index (χ4v) is 3.34. The molecule has 0 saturated heterocycles. The second kappa shape index (κ2) is 6.31. The SMILES string of the molecule is CCN(CCOC)S(=O)(=O)c1cc(N)cc(C)c1F. The van der Waals surface area contributed by atoms with Crippen molar-refractivity contribution in [2.45, 2.75) is 18.7 Å². The maximum absolute atomic E-state index is 14.0. The van der Waals surface area contributed by atoms with Gasteiger partial charge >= 0.3 is 0 Å². The molecule has 0 aliphatic rings. The molecule has 1 aromatic rings. The van der Waals surface area contributed by atoms with E-state index in [1.165, 1.54) is 20.1 Å². The van der Waals surface area contributed by atoms with Crippen molar-refractivity contribution >= 4 is 15.7 Å². The van der Waals surface area contributed by atoms with Crippen LogP contribution in [0.3, 0.4) is 0 Å². The van der Waals surface area contributed by atoms with Crippen molar-refractivity contribution in [3.8, 4) is 0 Å². The fraction of sp³-hybridized carbons (Fsp3) is 0.500. The van der Waals surface area contributed by atoms with E-state index in [1.54, 1.807) is 6.92 Å². The van der Waals surface area contributed by atoms with E-state index in [4.69, 9.17) is 10.5 Å². The maximum Gasteiger partial charge on any atom is 0.246 e. The predicted molar refractivity (Wildman–Crippen MR) is 71.9 cm³/mol. The van der Waals surface area contributed by atoms with Gasteiger partial charge in [-0.1, -0.05) is 6.92 Å². The van der Waals surface area contributed by atoms with Gasteiger partial charge in [0.2, 0.25) is 10.0 Å². The highest BCUT2D eigenvalue weighted by molar-refractivity contribution is 7.89. The van der Waals surface area contributed by atoms with E-state index in [0.29, 0.717) is 0 Å². The molecule has 1 aromatic carbocycles. The van der Waals surface area contributed by atoms with Crippen LogP contribution < -0.4 is 5.73 Å². The van der Waals surface area contributed by atoms with Crippen LogP contribution in [0.1, 0.15) is 12.5 Å². The molecule has 5 nitrogen and oxygen atoms in total. The molecule has 0 heterocycles. The molecule has 19 heavy (non-hydrogen) atoms. The summed E-state index contributed by atoms with van der Waals surface area (Å²) in [6.45, 7) is 3.82. The second-order valence-corrected chi connectivity index (χ2v) is 6.05. The zero-order valence-electron chi connectivity index (χ0n) is 11.3. The first-order valence-corrected chi connectivity index (χ1v) is 7.33. The van der Waals surface area contributed by atoms with Gasteiger partial charge in [-0.3, -0.25) is 0 Å². The smallest absolute Gasteiger partial charge is 0.246 e. The molecular formula is C12H19FN2O3S. The molecule has 2 N–H and O–H groups in total. The standard InChI is InChI=1S/C12H19FN2O3S/c1-4-15(5-6-18-3)19(16,17)11-8-10(14)7-9(2)12(11)13/h7-8H,4-6,14H2,1-3H3. The molecule has 0 aliphatic heterocycles. The number of methoxy groups -OCH3 is 1. The number of aryl methyl sites for hydroxylation is 1. The predicted octanol–water partition coefficient (Wildman–Crippen LogP) is 1.37. The van der Waals surface area contributed by atoms with Gasteiger partial charge < -0.3 is 10.5 Å². The number of halogens is 1. The maximum atomic E-state index is 14.0. The molecule has 0 aliphatic carbocycles. The molecule has 1 rings (SSSR count). The molecule has 0 fully saturated rings. The van der Waals surface area contributed by atoms with E-state index in [2.05, 4.69) is 0 Å². The van der Waals surface area contributed by atoms with Crippen LogP contribution >= 0.6 is 0 Å². The van der Waals surface area contributed by atoms with Crippen molar-refractivity contribution in [3.05, 3.63) is 23.5 Å². The lowest BCUT2D eigenvalue weighted by Crippen LogP contribution is -2.34. The first kappa shape index (κ1) is 15.9. The van der Waals surface area contributed by atoms with Gasteiger partial charge in [0.25, 0.3) is 0 Å². The molecule has 0 aromatic heterocycles. The third-order valence-corrected chi connectivity index (χ3v) is 4.73. The first-order chi connectivity index (χ1) is 8.84. The first-order valence-electron chi connectivity index (χ1n) is 5.89. The Labute approximate surface area is 113 Å². The molecular weight excluding hydrogens is 271 g/mol. The monoisotopic (exact) mass is 290 g/mol. The van der Waals surface area contributed by atoms with Gasteiger partial charge in [-0.15, -0.1) is 0 Å². The molecule has 0 saturated carbocycles. The zero-order valence-corrected chi connectivity index (χ0v) is 12.1. The Balaban J connectivity index is 3.25. The highest BCUT2D eigenvalue weighted by Gasteiger charge is 2.27. The Morgan fingerprint density at radius 2 is 2.05 bits per heavy atom. The zero-order chi connectivity index (χ0) is 14.6. The van der Waals surface area contributed by atoms with E-state index in [1.807, 2.05) is 0 Å². The summed E-state index contributed by atoms with van der Waals surface area (Å²) in [7, 11) is -2.42. The van der Waals surface area contributed by atoms with Crippen LogP contribution in [0.25, 0.3) is 0 Å². The topological polar surface area (TPSA) is 72.6 Å². The van der Waals surface area contributed by atoms with Crippen LogP contribution in [0.5, 0.6) is 0 Å². The van der Waals surface area contributed by atoms with Crippen LogP contribution in [0.4, 0.5) is 10.1 Å². The van der Waals surface area contributed by atoms with Crippen molar-refractivity contribution in [1.29, 1.82) is 0 Å². The summed E-state index contributed by atoms with van der Waals surface area (Å²) in [5.41, 5.74) is 6.02. The molecule has 0 bridgehead atoms. The fourth-order valence-electron chi connectivity index (χ4n) is 1.73. The summed E-state index contributed by atoms with van der Waals surface area (Å²) in [5.74, 6) is -0.759. The number of nitrogens with two attached hydrogens (primary N) is 1. The van der Waals surface area contributed by atoms with Crippen LogP contribution in [-0.2, 0) is 14.8 Å². The molecule has 0 atom stereocenters. The average molecular weight is 290 g/mol. The quantitative estimate of drug-likeness (QED) is 0.803. The number of ether oxygens (including phenoxy) is 1. The number of nitrogens with zero attached hydrogens (tertiary/aromatic N) is 1. The summed E-state index contributed by atoms with van der Waals surface area (Å²) in [4.78, 5) is -0.386. The van der Waals surface area contributed by atoms with E-state index in [0.717, 1.165) is 10.4 Å². The van der Waals surface area contributed by atoms with Crippen molar-refractivity contribution in [3.63, 3.8) is 0 Å². The number of likely N-dealkylation sites (N-methyl/N-ethyl adjacent to an activating group) is 1. The molecule has 0 radical (unpaired) electrons. The molecule has 0 spiro atoms. The average Bonchev–Trinajstić information content (AvgIpc) is 2.34. The van der Waals surface area contributed by atoms with Gasteiger partial charge in [-0.2, -0.15) is 4.31 Å². The van der Waals surface area contributed by atoms with E-state index < -0.39 is 15.8 Å². The Morgan fingerprint density at radius 3 is 2.58 bits per heavy atom. The van der Waals surface area contributed by atoms with Crippen molar-refractivity contribution in [2.75, 3.05) is 32.5 Å². The second-order valence-electron chi connectivity index (χ2n) is 4.14. The Kier molecular flexibility index (Phi) is 5.28. The highest BCUT2D eigenvalue weighted by Crippen LogP contribution is 2.24. The van der Waals surface area contributed by atoms with E-state index in [9.17, 15) is 12.8 Å². The lowest BCUT2D eigenvalue weighted by molar-refractivity contribution is 0.180. The van der Waals surface area contributed by atoms with Gasteiger partial charge in [0, 0.05) is 25.9 Å². The van der Waals surface area contributed by atoms with Gasteiger partial charge in [0.05, 0.1) is 6.61 Å². The van der Waals surface area contributed by atoms with Gasteiger partial charge in [-0.25, -0.2) is 12.8 Å². The Morgan fingerprint density at radius 1 is 1.42 bits per heavy atom. The Bertz CT molecular complexity index is 546. The molecule has 0 amide bonds. The minimum absolute atomic E-state index is 0.169. The number of sulfonamides is 1. The third-order valence-electron chi connectivity index (χ3n) is 2.76. The van der Waals surface area contributed by atoms with Crippen molar-refractivity contribution in [1.82, 2.24) is 4.31 Å². The normalized spacial score (nSPS) is 12.1. The summed E-state index contributed by atoms with van der Waals surface area (Å²) in [6, 6.07) is 2.55. The van der Waals surface area contributed by atoms with Crippen molar-refractivity contribution < 1.29 is 17.5 Å². The number of nitrogen functional groups attached to an aromatic ring is 1. The van der Waals surface area contributed by atoms with Crippen LogP contribution in [0, 0.1) is 12.7 Å². The third kappa shape index (κ3) is 3.43. The highest BCUT2D eigenvalue weighted by atomic mass is 32.2. The summed E-state index contributed by atoms with van der Waals surface area (Å²) in [6.07, 6.45) is 0. The van der Waals surface area contributed by atoms with Gasteiger partial charge in [0.15, 0.2) is 0 Å². The minimum Gasteiger partial charge on any atom is -0.399 e. The lowest BCUT2D eigenvalue weighted by Gasteiger charge is -2.21. The molecule has 7 heteroatoms. The van der Waals surface area contributed by atoms with Crippen LogP contribution in [0.2, 0.25) is 0 Å². The van der Waals surface area contributed by atoms with Crippen LogP contribution in [0.15, 0.2) is 17.0 Å². The number of hydrogen-bond donors (Lipinski definition) is 1. The summed E-state index contributed by atoms with van der Waals surface area (Å²) in [5, 5.41) is 0. The van der Waals surface area contributed by atoms with Crippen molar-refractivity contribution in [2.24, 2.45) is 0 Å². The van der Waals surface area contributed by atoms with Crippen LogP contribution in [-0.4, -0.2) is 39.5 Å². The largest absolute Gasteiger partial charge is 0.399 e. The van der Waals surface area contributed by atoms with E-state index in [-0.39, 0.29) is 35.8 Å². The number of rotatable bonds is 6. The number of hydrogen-bond acceptors (Lipinski definition) is 4. The lowest BCUT2D eigenvalue weighted by atomic mass is 10.2. The van der Waals surface area contributed by atoms with Gasteiger partial charge in [-0.05, 0) is 24.6 Å². The molecule has 0 unspecified atom stereocenters. The summed E-state index contributed by atoms with van der Waals surface area (Å²) < 4.78 is 44.8.